The fourth-order valence-electron chi connectivity index (χ4n) is 4.82. The summed E-state index contributed by atoms with van der Waals surface area (Å²) in [7, 11) is 0. The van der Waals surface area contributed by atoms with E-state index in [1.54, 1.807) is 0 Å². The number of amides is 4. The van der Waals surface area contributed by atoms with Gasteiger partial charge in [0.05, 0.1) is 6.04 Å². The number of aliphatic imine (C=N–C) groups is 5. The minimum absolute atomic E-state index is 0.0296. The molecule has 0 aliphatic heterocycles. The number of nitrogens with one attached hydrogen (secondary N) is 4. The second-order valence-corrected chi connectivity index (χ2v) is 12.4. The normalized spacial score (nSPS) is 13.2. The lowest BCUT2D eigenvalue weighted by Gasteiger charge is -2.26. The number of guanidine groups is 5. The molecule has 5 unspecified atom stereocenters. The molecule has 0 saturated heterocycles. The van der Waals surface area contributed by atoms with Crippen LogP contribution in [0.5, 0.6) is 0 Å². The maximum atomic E-state index is 13.8. The van der Waals surface area contributed by atoms with Gasteiger partial charge in [0, 0.05) is 32.7 Å². The Morgan fingerprint density at radius 1 is 0.393 bits per heavy atom. The van der Waals surface area contributed by atoms with Gasteiger partial charge in [-0.25, -0.2) is 4.79 Å². The van der Waals surface area contributed by atoms with Gasteiger partial charge in [0.2, 0.25) is 23.6 Å². The van der Waals surface area contributed by atoms with E-state index in [2.05, 4.69) is 46.2 Å². The molecule has 0 bridgehead atoms. The van der Waals surface area contributed by atoms with Gasteiger partial charge >= 0.3 is 5.97 Å². The van der Waals surface area contributed by atoms with Crippen LogP contribution in [0.3, 0.4) is 0 Å². The molecule has 0 aliphatic rings. The van der Waals surface area contributed by atoms with Crippen molar-refractivity contribution in [2.45, 2.75) is 94.4 Å². The number of nitrogens with zero attached hydrogens (tertiary/aromatic N) is 5. The molecule has 0 saturated carbocycles. The molecule has 0 aliphatic carbocycles. The number of carbonyl (C=O) groups is 5. The maximum Gasteiger partial charge on any atom is 0.326 e. The smallest absolute Gasteiger partial charge is 0.326 e. The molecule has 0 aromatic rings. The summed E-state index contributed by atoms with van der Waals surface area (Å²) < 4.78 is 0. The summed E-state index contributed by atoms with van der Waals surface area (Å²) in [5.74, 6) is -5.26. The standard InChI is InChI=1S/C30H62N20O6/c31-16(6-1-11-42-26(32)33)21(51)47-17(7-2-12-43-27(34)35)22(52)48-18(8-3-13-44-28(36)37)23(53)49-19(9-4-14-45-29(38)39)24(54)50-20(25(55)56)10-5-15-46-30(40)41/h16-20H,1-15,31H2,(H,47,51)(H,48,52)(H,49,53)(H,50,54)(H,55,56)(H4,32,33,42)(H4,34,35,43)(H4,36,37,44)(H4,38,39,45)(H4,40,41,46). The van der Waals surface area contributed by atoms with Crippen molar-refractivity contribution in [3.8, 4) is 0 Å². The molecule has 56 heavy (non-hydrogen) atoms. The lowest BCUT2D eigenvalue weighted by molar-refractivity contribution is -0.142. The SMILES string of the molecule is NC(N)=NCCCC(N)C(=O)NC(CCCN=C(N)N)C(=O)NC(CCCN=C(N)N)C(=O)NC(CCCN=C(N)N)C(=O)NC(CCCN=C(N)N)C(=O)O. The van der Waals surface area contributed by atoms with Crippen LogP contribution < -0.4 is 84.3 Å². The molecular formula is C30H62N20O6. The topological polar surface area (TPSA) is 502 Å². The Hall–Kier alpha value is -6.34. The number of nitrogens with two attached hydrogens (primary N) is 11. The van der Waals surface area contributed by atoms with Gasteiger partial charge in [-0.05, 0) is 64.2 Å². The van der Waals surface area contributed by atoms with Gasteiger partial charge < -0.3 is 89.4 Å². The number of carboxylic acids is 1. The van der Waals surface area contributed by atoms with Crippen LogP contribution in [0.4, 0.5) is 0 Å². The van der Waals surface area contributed by atoms with Gasteiger partial charge in [0.15, 0.2) is 29.8 Å². The molecule has 5 atom stereocenters. The van der Waals surface area contributed by atoms with Crippen LogP contribution in [-0.4, -0.2) is 127 Å². The zero-order chi connectivity index (χ0) is 42.6. The average Bonchev–Trinajstić information content (AvgIpc) is 3.10. The molecule has 0 spiro atoms. The fourth-order valence-corrected chi connectivity index (χ4v) is 4.82. The van der Waals surface area contributed by atoms with Crippen molar-refractivity contribution in [3.63, 3.8) is 0 Å². The van der Waals surface area contributed by atoms with Crippen LogP contribution in [0.2, 0.25) is 0 Å². The Kier molecular flexibility index (Phi) is 25.0. The summed E-state index contributed by atoms with van der Waals surface area (Å²) in [5, 5.41) is 20.0. The zero-order valence-corrected chi connectivity index (χ0v) is 31.6. The van der Waals surface area contributed by atoms with Crippen LogP contribution >= 0.6 is 0 Å². The van der Waals surface area contributed by atoms with Crippen LogP contribution in [0.25, 0.3) is 0 Å². The van der Waals surface area contributed by atoms with Crippen LogP contribution in [0.1, 0.15) is 64.2 Å². The van der Waals surface area contributed by atoms with Crippen molar-refractivity contribution in [2.24, 2.45) is 88.0 Å². The molecule has 318 valence electrons. The minimum Gasteiger partial charge on any atom is -0.480 e. The Morgan fingerprint density at radius 2 is 0.625 bits per heavy atom. The van der Waals surface area contributed by atoms with E-state index < -0.39 is 59.8 Å². The number of rotatable bonds is 29. The van der Waals surface area contributed by atoms with E-state index in [4.69, 9.17) is 63.1 Å². The highest BCUT2D eigenvalue weighted by atomic mass is 16.4. The number of hydrogen-bond acceptors (Lipinski definition) is 11. The highest BCUT2D eigenvalue weighted by Crippen LogP contribution is 2.08. The first-order valence-corrected chi connectivity index (χ1v) is 17.8. The third-order valence-corrected chi connectivity index (χ3v) is 7.60. The van der Waals surface area contributed by atoms with Gasteiger partial charge in [0.1, 0.15) is 24.2 Å². The van der Waals surface area contributed by atoms with Crippen LogP contribution in [-0.2, 0) is 24.0 Å². The molecule has 26 heteroatoms. The summed E-state index contributed by atoms with van der Waals surface area (Å²) in [4.78, 5) is 85.4. The molecule has 4 amide bonds. The van der Waals surface area contributed by atoms with Gasteiger partial charge in [-0.3, -0.25) is 44.1 Å². The van der Waals surface area contributed by atoms with Crippen molar-refractivity contribution >= 4 is 59.4 Å². The quantitative estimate of drug-likeness (QED) is 0.0190. The van der Waals surface area contributed by atoms with Gasteiger partial charge in [-0.2, -0.15) is 0 Å². The molecule has 0 aromatic carbocycles. The second-order valence-electron chi connectivity index (χ2n) is 12.4. The van der Waals surface area contributed by atoms with E-state index >= 15 is 0 Å². The van der Waals surface area contributed by atoms with Crippen molar-refractivity contribution in [1.29, 1.82) is 0 Å². The summed E-state index contributed by atoms with van der Waals surface area (Å²) in [6.45, 7) is 0.628. The third-order valence-electron chi connectivity index (χ3n) is 7.60. The molecule has 27 N–H and O–H groups in total. The lowest BCUT2D eigenvalue weighted by atomic mass is 10.0. The molecule has 0 fully saturated rings. The number of carboxylic acid groups (broad SMARTS) is 1. The van der Waals surface area contributed by atoms with E-state index in [1.807, 2.05) is 0 Å². The van der Waals surface area contributed by atoms with E-state index in [0.717, 1.165) is 0 Å². The van der Waals surface area contributed by atoms with Crippen molar-refractivity contribution < 1.29 is 29.1 Å². The predicted octanol–water partition coefficient (Wildman–Crippen LogP) is -7.39. The molecule has 0 rings (SSSR count). The lowest BCUT2D eigenvalue weighted by Crippen LogP contribution is -2.58. The van der Waals surface area contributed by atoms with E-state index in [0.29, 0.717) is 6.42 Å². The first kappa shape index (κ1) is 49.7. The maximum absolute atomic E-state index is 13.8. The largest absolute Gasteiger partial charge is 0.480 e. The molecule has 0 aromatic heterocycles. The van der Waals surface area contributed by atoms with Gasteiger partial charge in [0.25, 0.3) is 0 Å². The third kappa shape index (κ3) is 24.8. The Balaban J connectivity index is 6.33. The molecule has 26 nitrogen and oxygen atoms in total. The Bertz CT molecular complexity index is 1400. The highest BCUT2D eigenvalue weighted by molar-refractivity contribution is 5.95. The number of hydrogen-bond donors (Lipinski definition) is 16. The molecular weight excluding hydrogens is 736 g/mol. The minimum atomic E-state index is -1.36. The number of aliphatic carboxylic acids is 1. The van der Waals surface area contributed by atoms with Crippen molar-refractivity contribution in [1.82, 2.24) is 21.3 Å². The van der Waals surface area contributed by atoms with Gasteiger partial charge in [-0.1, -0.05) is 0 Å². The second kappa shape index (κ2) is 28.2. The summed E-state index contributed by atoms with van der Waals surface area (Å²) in [6, 6.07) is -6.20. The number of carbonyl (C=O) groups excluding carboxylic acids is 4. The van der Waals surface area contributed by atoms with E-state index in [-0.39, 0.29) is 120 Å². The Labute approximate surface area is 324 Å². The highest BCUT2D eigenvalue weighted by Gasteiger charge is 2.31. The molecule has 0 heterocycles. The summed E-state index contributed by atoms with van der Waals surface area (Å²) in [5.41, 5.74) is 59.9. The fraction of sp³-hybridized carbons (Fsp3) is 0.667. The van der Waals surface area contributed by atoms with Crippen LogP contribution in [0.15, 0.2) is 25.0 Å². The zero-order valence-electron chi connectivity index (χ0n) is 31.6. The predicted molar refractivity (Wildman–Crippen MR) is 213 cm³/mol. The van der Waals surface area contributed by atoms with E-state index in [1.165, 1.54) is 0 Å². The van der Waals surface area contributed by atoms with Crippen molar-refractivity contribution in [3.05, 3.63) is 0 Å². The van der Waals surface area contributed by atoms with Gasteiger partial charge in [-0.15, -0.1) is 0 Å². The average molecular weight is 799 g/mol. The summed E-state index contributed by atoms with van der Waals surface area (Å²) >= 11 is 0. The first-order chi connectivity index (χ1) is 26.3. The molecule has 0 radical (unpaired) electrons. The first-order valence-electron chi connectivity index (χ1n) is 17.8. The van der Waals surface area contributed by atoms with Crippen LogP contribution in [0, 0.1) is 0 Å². The van der Waals surface area contributed by atoms with Crippen molar-refractivity contribution in [2.75, 3.05) is 32.7 Å². The summed E-state index contributed by atoms with van der Waals surface area (Å²) in [6.07, 6.45) is 1.33. The van der Waals surface area contributed by atoms with E-state index in [9.17, 15) is 29.1 Å². The monoisotopic (exact) mass is 799 g/mol. The Morgan fingerprint density at radius 3 is 0.893 bits per heavy atom.